The molecule has 38 heavy (non-hydrogen) atoms. The van der Waals surface area contributed by atoms with E-state index in [1.165, 1.54) is 32.1 Å². The molecule has 200 valence electrons. The van der Waals surface area contributed by atoms with Gasteiger partial charge in [-0.2, -0.15) is 5.10 Å². The van der Waals surface area contributed by atoms with Gasteiger partial charge in [0, 0.05) is 30.8 Å². The summed E-state index contributed by atoms with van der Waals surface area (Å²) < 4.78 is 6.15. The van der Waals surface area contributed by atoms with Crippen molar-refractivity contribution in [3.63, 3.8) is 0 Å². The van der Waals surface area contributed by atoms with E-state index in [0.29, 0.717) is 29.4 Å². The summed E-state index contributed by atoms with van der Waals surface area (Å²) in [5.41, 5.74) is 9.90. The monoisotopic (exact) mass is 515 g/mol. The van der Waals surface area contributed by atoms with Gasteiger partial charge < -0.3 is 21.4 Å². The van der Waals surface area contributed by atoms with Crippen LogP contribution in [0, 0.1) is 17.8 Å². The van der Waals surface area contributed by atoms with E-state index in [-0.39, 0.29) is 23.1 Å². The average molecular weight is 516 g/mol. The number of carbonyl (C=O) groups is 1. The van der Waals surface area contributed by atoms with Crippen LogP contribution in [0.25, 0.3) is 11.1 Å². The summed E-state index contributed by atoms with van der Waals surface area (Å²) in [5.74, 6) is 5.71. The number of nitrogens with zero attached hydrogens (tertiary/aromatic N) is 3. The Bertz CT molecular complexity index is 1270. The van der Waals surface area contributed by atoms with E-state index < -0.39 is 5.97 Å². The number of hydrogen-bond acceptors (Lipinski definition) is 7. The quantitative estimate of drug-likeness (QED) is 0.169. The van der Waals surface area contributed by atoms with Gasteiger partial charge in [0.1, 0.15) is 5.75 Å². The molecule has 2 unspecified atom stereocenters. The molecule has 0 saturated heterocycles. The number of benzene rings is 2. The molecule has 2 fully saturated rings. The Morgan fingerprint density at radius 3 is 2.45 bits per heavy atom. The topological polar surface area (TPSA) is 136 Å². The minimum Gasteiger partial charge on any atom is -0.493 e. The van der Waals surface area contributed by atoms with E-state index in [1.54, 1.807) is 20.2 Å². The molecule has 2 saturated carbocycles. The van der Waals surface area contributed by atoms with Crippen molar-refractivity contribution < 1.29 is 14.6 Å². The second-order valence-corrected chi connectivity index (χ2v) is 10.1. The van der Waals surface area contributed by atoms with E-state index in [4.69, 9.17) is 21.3 Å². The number of hydrogen-bond donors (Lipinski definition) is 3. The van der Waals surface area contributed by atoms with Crippen molar-refractivity contribution in [3.8, 4) is 16.9 Å². The number of carboxylic acid groups (broad SMARTS) is 1. The fourth-order valence-corrected chi connectivity index (χ4v) is 5.21. The van der Waals surface area contributed by atoms with Gasteiger partial charge in [-0.05, 0) is 67.5 Å². The maximum absolute atomic E-state index is 12.2. The summed E-state index contributed by atoms with van der Waals surface area (Å²) in [5, 5.41) is 13.8. The largest absolute Gasteiger partial charge is 0.493 e. The number of carboxylic acids is 1. The SMILES string of the molecule is CN=CC(=NN)C1CC1C(=Nc1cccc(-c2cccc(OCC3CCCCC3)c2)c1)C(C(=O)O)=C(C)N. The Kier molecular flexibility index (Phi) is 8.94. The summed E-state index contributed by atoms with van der Waals surface area (Å²) in [7, 11) is 1.64. The average Bonchev–Trinajstić information content (AvgIpc) is 3.71. The Labute approximate surface area is 224 Å². The lowest BCUT2D eigenvalue weighted by atomic mass is 9.90. The first-order chi connectivity index (χ1) is 18.4. The second-order valence-electron chi connectivity index (χ2n) is 10.1. The molecule has 2 aromatic rings. The van der Waals surface area contributed by atoms with Gasteiger partial charge in [-0.1, -0.05) is 43.5 Å². The van der Waals surface area contributed by atoms with Crippen molar-refractivity contribution in [2.24, 2.45) is 44.4 Å². The molecule has 0 radical (unpaired) electrons. The predicted octanol–water partition coefficient (Wildman–Crippen LogP) is 5.35. The van der Waals surface area contributed by atoms with Crippen LogP contribution in [0.5, 0.6) is 5.75 Å². The molecule has 0 spiro atoms. The van der Waals surface area contributed by atoms with E-state index in [9.17, 15) is 9.90 Å². The first-order valence-corrected chi connectivity index (χ1v) is 13.2. The molecular weight excluding hydrogens is 478 g/mol. The number of hydrazone groups is 1. The highest BCUT2D eigenvalue weighted by Gasteiger charge is 2.46. The number of aliphatic imine (C=N–C) groups is 2. The highest BCUT2D eigenvalue weighted by atomic mass is 16.5. The Morgan fingerprint density at radius 2 is 1.79 bits per heavy atom. The van der Waals surface area contributed by atoms with Gasteiger partial charge in [-0.15, -0.1) is 0 Å². The number of allylic oxidation sites excluding steroid dienone is 1. The van der Waals surface area contributed by atoms with Crippen molar-refractivity contribution in [1.29, 1.82) is 0 Å². The van der Waals surface area contributed by atoms with E-state index >= 15 is 0 Å². The zero-order valence-corrected chi connectivity index (χ0v) is 22.1. The highest BCUT2D eigenvalue weighted by Crippen LogP contribution is 2.43. The lowest BCUT2D eigenvalue weighted by Gasteiger charge is -2.21. The third kappa shape index (κ3) is 6.68. The van der Waals surface area contributed by atoms with Gasteiger partial charge in [0.05, 0.1) is 29.3 Å². The third-order valence-corrected chi connectivity index (χ3v) is 7.27. The lowest BCUT2D eigenvalue weighted by Crippen LogP contribution is -2.21. The second kappa shape index (κ2) is 12.5. The van der Waals surface area contributed by atoms with Crippen LogP contribution < -0.4 is 16.3 Å². The normalized spacial score (nSPS) is 21.3. The Balaban J connectivity index is 1.61. The van der Waals surface area contributed by atoms with Crippen LogP contribution in [0.1, 0.15) is 45.4 Å². The highest BCUT2D eigenvalue weighted by molar-refractivity contribution is 6.34. The molecule has 0 amide bonds. The molecule has 8 nitrogen and oxygen atoms in total. The summed E-state index contributed by atoms with van der Waals surface area (Å²) in [6.45, 7) is 2.33. The van der Waals surface area contributed by atoms with Crippen LogP contribution in [0.4, 0.5) is 5.69 Å². The van der Waals surface area contributed by atoms with E-state index in [0.717, 1.165) is 23.5 Å². The number of rotatable bonds is 10. The maximum Gasteiger partial charge on any atom is 0.339 e. The van der Waals surface area contributed by atoms with Crippen molar-refractivity contribution >= 4 is 29.3 Å². The minimum atomic E-state index is -1.11. The molecule has 5 N–H and O–H groups in total. The molecule has 0 aliphatic heterocycles. The van der Waals surface area contributed by atoms with E-state index in [2.05, 4.69) is 10.1 Å². The first kappa shape index (κ1) is 27.1. The first-order valence-electron chi connectivity index (χ1n) is 13.2. The molecule has 0 bridgehead atoms. The molecule has 0 aromatic heterocycles. The Hall–Kier alpha value is -3.94. The van der Waals surface area contributed by atoms with Crippen LogP contribution in [0.15, 0.2) is 74.9 Å². The summed E-state index contributed by atoms with van der Waals surface area (Å²) in [6.07, 6.45) is 8.67. The number of aliphatic carboxylic acids is 1. The molecule has 2 aliphatic rings. The number of ether oxygens (including phenoxy) is 1. The van der Waals surface area contributed by atoms with Crippen LogP contribution >= 0.6 is 0 Å². The molecule has 2 atom stereocenters. The fourth-order valence-electron chi connectivity index (χ4n) is 5.21. The standard InChI is InChI=1S/C30H37N5O3/c1-19(31)28(30(36)37)29(26-16-25(26)27(35-32)17-33-2)34-23-12-6-10-21(14-23)22-11-7-13-24(15-22)38-18-20-8-4-3-5-9-20/h6-7,10-15,17,20,25-26H,3-5,8-9,16,18,31-32H2,1-2H3,(H,36,37). The van der Waals surface area contributed by atoms with Crippen molar-refractivity contribution in [3.05, 3.63) is 59.8 Å². The maximum atomic E-state index is 12.2. The van der Waals surface area contributed by atoms with Gasteiger partial charge >= 0.3 is 5.97 Å². The molecular formula is C30H37N5O3. The van der Waals surface area contributed by atoms with Crippen LogP contribution in [-0.4, -0.2) is 42.4 Å². The van der Waals surface area contributed by atoms with Crippen molar-refractivity contribution in [2.75, 3.05) is 13.7 Å². The predicted molar refractivity (Wildman–Crippen MR) is 153 cm³/mol. The third-order valence-electron chi connectivity index (χ3n) is 7.27. The van der Waals surface area contributed by atoms with Crippen LogP contribution in [-0.2, 0) is 4.79 Å². The van der Waals surface area contributed by atoms with E-state index in [1.807, 2.05) is 48.5 Å². The van der Waals surface area contributed by atoms with Crippen molar-refractivity contribution in [1.82, 2.24) is 0 Å². The molecule has 4 rings (SSSR count). The van der Waals surface area contributed by atoms with Gasteiger partial charge in [0.2, 0.25) is 0 Å². The molecule has 8 heteroatoms. The minimum absolute atomic E-state index is 0.0193. The Morgan fingerprint density at radius 1 is 1.08 bits per heavy atom. The van der Waals surface area contributed by atoms with Crippen LogP contribution in [0.3, 0.4) is 0 Å². The molecule has 0 heterocycles. The summed E-state index contributed by atoms with van der Waals surface area (Å²) in [4.78, 5) is 21.0. The van der Waals surface area contributed by atoms with Gasteiger partial charge in [0.25, 0.3) is 0 Å². The molecule has 2 aliphatic carbocycles. The lowest BCUT2D eigenvalue weighted by molar-refractivity contribution is -0.132. The van der Waals surface area contributed by atoms with Gasteiger partial charge in [-0.3, -0.25) is 9.98 Å². The number of nitrogens with two attached hydrogens (primary N) is 2. The summed E-state index contributed by atoms with van der Waals surface area (Å²) in [6, 6.07) is 15.8. The van der Waals surface area contributed by atoms with Gasteiger partial charge in [-0.25, -0.2) is 4.79 Å². The fraction of sp³-hybridized carbons (Fsp3) is 0.400. The smallest absolute Gasteiger partial charge is 0.339 e. The van der Waals surface area contributed by atoms with Crippen molar-refractivity contribution in [2.45, 2.75) is 45.4 Å². The zero-order valence-electron chi connectivity index (χ0n) is 22.1. The summed E-state index contributed by atoms with van der Waals surface area (Å²) >= 11 is 0. The van der Waals surface area contributed by atoms with Crippen LogP contribution in [0.2, 0.25) is 0 Å². The van der Waals surface area contributed by atoms with Gasteiger partial charge in [0.15, 0.2) is 0 Å². The molecule has 2 aromatic carbocycles. The zero-order chi connectivity index (χ0) is 27.1.